The summed E-state index contributed by atoms with van der Waals surface area (Å²) in [5, 5.41) is 11.3. The van der Waals surface area contributed by atoms with Gasteiger partial charge >= 0.3 is 5.97 Å². The number of carbonyl (C=O) groups is 2. The van der Waals surface area contributed by atoms with Gasteiger partial charge in [-0.2, -0.15) is 0 Å². The Morgan fingerprint density at radius 3 is 2.42 bits per heavy atom. The summed E-state index contributed by atoms with van der Waals surface area (Å²) in [5.74, 6) is -2.50. The minimum Gasteiger partial charge on any atom is -0.480 e. The smallest absolute Gasteiger partial charge is 0.320 e. The predicted molar refractivity (Wildman–Crippen MR) is 66.0 cm³/mol. The summed E-state index contributed by atoms with van der Waals surface area (Å²) in [7, 11) is -2.33. The van der Waals surface area contributed by atoms with Crippen LogP contribution in [0.4, 0.5) is 0 Å². The Bertz CT molecular complexity index is 427. The lowest BCUT2D eigenvalue weighted by molar-refractivity contribution is -0.134. The molecule has 1 heterocycles. The molecule has 1 amide bonds. The van der Waals surface area contributed by atoms with Crippen LogP contribution in [0.25, 0.3) is 0 Å². The third-order valence-corrected chi connectivity index (χ3v) is 4.56. The molecule has 0 unspecified atom stereocenters. The number of piperidine rings is 1. The fourth-order valence-electron chi connectivity index (χ4n) is 1.93. The van der Waals surface area contributed by atoms with Crippen LogP contribution in [0.15, 0.2) is 0 Å². The minimum atomic E-state index is -3.75. The number of hydrogen-bond donors (Lipinski definition) is 2. The van der Waals surface area contributed by atoms with E-state index < -0.39 is 21.7 Å². The minimum absolute atomic E-state index is 0.0302. The molecule has 19 heavy (non-hydrogen) atoms. The third-order valence-electron chi connectivity index (χ3n) is 2.79. The first kappa shape index (κ1) is 15.9. The number of rotatable bonds is 6. The first-order chi connectivity index (χ1) is 8.85. The second kappa shape index (κ2) is 6.83. The van der Waals surface area contributed by atoms with Gasteiger partial charge in [0.2, 0.25) is 15.9 Å². The predicted octanol–water partition coefficient (Wildman–Crippen LogP) is -1.37. The highest BCUT2D eigenvalue weighted by Crippen LogP contribution is 2.14. The number of carbonyl (C=O) groups excluding carboxylic acids is 1. The molecule has 0 radical (unpaired) electrons. The lowest BCUT2D eigenvalue weighted by atomic mass is 10.1. The van der Waals surface area contributed by atoms with E-state index in [1.807, 2.05) is 0 Å². The summed E-state index contributed by atoms with van der Waals surface area (Å²) >= 11 is 0. The maximum absolute atomic E-state index is 11.7. The molecule has 2 N–H and O–H groups in total. The molecule has 0 saturated carbocycles. The molecule has 0 aromatic carbocycles. The van der Waals surface area contributed by atoms with Gasteiger partial charge in [0.25, 0.3) is 0 Å². The standard InChI is InChI=1S/C10H18N2O6S/c1-18-6-9(13)11-8-2-4-12(5-3-8)19(16,17)7-10(14)15/h8H,2-7H2,1H3,(H,11,13)(H,14,15). The Kier molecular flexibility index (Phi) is 5.70. The Labute approximate surface area is 111 Å². The Balaban J connectivity index is 2.44. The summed E-state index contributed by atoms with van der Waals surface area (Å²) in [6.45, 7) is 0.401. The SMILES string of the molecule is COCC(=O)NC1CCN(S(=O)(=O)CC(=O)O)CC1. The van der Waals surface area contributed by atoms with Crippen molar-refractivity contribution in [2.24, 2.45) is 0 Å². The Morgan fingerprint density at radius 2 is 1.95 bits per heavy atom. The van der Waals surface area contributed by atoms with E-state index in [0.29, 0.717) is 12.8 Å². The van der Waals surface area contributed by atoms with Gasteiger partial charge in [0, 0.05) is 26.2 Å². The van der Waals surface area contributed by atoms with Crippen molar-refractivity contribution in [1.29, 1.82) is 0 Å². The highest BCUT2D eigenvalue weighted by molar-refractivity contribution is 7.89. The lowest BCUT2D eigenvalue weighted by Crippen LogP contribution is -2.48. The Morgan fingerprint density at radius 1 is 1.37 bits per heavy atom. The van der Waals surface area contributed by atoms with Gasteiger partial charge in [0.05, 0.1) is 0 Å². The van der Waals surface area contributed by atoms with Crippen molar-refractivity contribution < 1.29 is 27.9 Å². The molecule has 1 aliphatic heterocycles. The number of nitrogens with one attached hydrogen (secondary N) is 1. The van der Waals surface area contributed by atoms with Gasteiger partial charge in [0.1, 0.15) is 6.61 Å². The maximum Gasteiger partial charge on any atom is 0.320 e. The zero-order valence-electron chi connectivity index (χ0n) is 10.7. The average Bonchev–Trinajstić information content (AvgIpc) is 2.28. The Hall–Kier alpha value is -1.19. The molecule has 0 aliphatic carbocycles. The van der Waals surface area contributed by atoms with Gasteiger partial charge in [-0.3, -0.25) is 9.59 Å². The normalized spacial score (nSPS) is 18.2. The van der Waals surface area contributed by atoms with E-state index in [0.717, 1.165) is 4.31 Å². The molecule has 1 rings (SSSR count). The number of amides is 1. The topological polar surface area (TPSA) is 113 Å². The van der Waals surface area contributed by atoms with Crippen LogP contribution in [-0.4, -0.2) is 68.3 Å². The monoisotopic (exact) mass is 294 g/mol. The molecule has 1 aliphatic rings. The molecule has 0 bridgehead atoms. The second-order valence-electron chi connectivity index (χ2n) is 4.32. The van der Waals surface area contributed by atoms with Gasteiger partial charge < -0.3 is 15.2 Å². The van der Waals surface area contributed by atoms with E-state index in [2.05, 4.69) is 10.1 Å². The van der Waals surface area contributed by atoms with E-state index in [1.54, 1.807) is 0 Å². The molecule has 0 aromatic heterocycles. The number of carboxylic acid groups (broad SMARTS) is 1. The molecule has 1 fully saturated rings. The highest BCUT2D eigenvalue weighted by atomic mass is 32.2. The molecular weight excluding hydrogens is 276 g/mol. The summed E-state index contributed by atoms with van der Waals surface area (Å²) in [5.41, 5.74) is 0. The van der Waals surface area contributed by atoms with E-state index in [-0.39, 0.29) is 31.6 Å². The van der Waals surface area contributed by atoms with Gasteiger partial charge in [-0.25, -0.2) is 12.7 Å². The number of aliphatic carboxylic acids is 1. The van der Waals surface area contributed by atoms with Crippen molar-refractivity contribution in [3.05, 3.63) is 0 Å². The molecule has 1 saturated heterocycles. The third kappa shape index (κ3) is 5.13. The zero-order valence-corrected chi connectivity index (χ0v) is 11.5. The van der Waals surface area contributed by atoms with Gasteiger partial charge in [-0.1, -0.05) is 0 Å². The molecule has 0 spiro atoms. The zero-order chi connectivity index (χ0) is 14.5. The first-order valence-electron chi connectivity index (χ1n) is 5.83. The largest absolute Gasteiger partial charge is 0.480 e. The van der Waals surface area contributed by atoms with Crippen molar-refractivity contribution in [1.82, 2.24) is 9.62 Å². The van der Waals surface area contributed by atoms with Crippen molar-refractivity contribution in [3.63, 3.8) is 0 Å². The number of nitrogens with zero attached hydrogens (tertiary/aromatic N) is 1. The van der Waals surface area contributed by atoms with E-state index in [4.69, 9.17) is 5.11 Å². The summed E-state index contributed by atoms with van der Waals surface area (Å²) < 4.78 is 29.2. The van der Waals surface area contributed by atoms with E-state index in [9.17, 15) is 18.0 Å². The molecule has 0 atom stereocenters. The number of methoxy groups -OCH3 is 1. The fourth-order valence-corrected chi connectivity index (χ4v) is 3.19. The van der Waals surface area contributed by atoms with Crippen LogP contribution in [0.5, 0.6) is 0 Å². The van der Waals surface area contributed by atoms with Crippen LogP contribution >= 0.6 is 0 Å². The number of hydrogen-bond acceptors (Lipinski definition) is 5. The fraction of sp³-hybridized carbons (Fsp3) is 0.800. The maximum atomic E-state index is 11.7. The number of ether oxygens (including phenoxy) is 1. The van der Waals surface area contributed by atoms with Crippen LogP contribution in [0, 0.1) is 0 Å². The highest BCUT2D eigenvalue weighted by Gasteiger charge is 2.30. The van der Waals surface area contributed by atoms with Gasteiger partial charge in [-0.15, -0.1) is 0 Å². The summed E-state index contributed by atoms with van der Waals surface area (Å²) in [6.07, 6.45) is 0.933. The number of carboxylic acids is 1. The molecule has 110 valence electrons. The van der Waals surface area contributed by atoms with Crippen LogP contribution in [0.1, 0.15) is 12.8 Å². The van der Waals surface area contributed by atoms with Crippen molar-refractivity contribution in [3.8, 4) is 0 Å². The molecule has 9 heteroatoms. The van der Waals surface area contributed by atoms with Crippen LogP contribution < -0.4 is 5.32 Å². The molecule has 0 aromatic rings. The van der Waals surface area contributed by atoms with Crippen LogP contribution in [-0.2, 0) is 24.3 Å². The van der Waals surface area contributed by atoms with E-state index >= 15 is 0 Å². The lowest BCUT2D eigenvalue weighted by Gasteiger charge is -2.31. The van der Waals surface area contributed by atoms with E-state index in [1.165, 1.54) is 7.11 Å². The van der Waals surface area contributed by atoms with Crippen LogP contribution in [0.2, 0.25) is 0 Å². The van der Waals surface area contributed by atoms with Crippen molar-refractivity contribution in [2.45, 2.75) is 18.9 Å². The average molecular weight is 294 g/mol. The van der Waals surface area contributed by atoms with Crippen molar-refractivity contribution >= 4 is 21.9 Å². The second-order valence-corrected chi connectivity index (χ2v) is 6.29. The van der Waals surface area contributed by atoms with Gasteiger partial charge in [-0.05, 0) is 12.8 Å². The summed E-state index contributed by atoms with van der Waals surface area (Å²) in [4.78, 5) is 21.8. The van der Waals surface area contributed by atoms with Crippen molar-refractivity contribution in [2.75, 3.05) is 32.6 Å². The molecule has 8 nitrogen and oxygen atoms in total. The molecular formula is C10H18N2O6S. The quantitative estimate of drug-likeness (QED) is 0.625. The first-order valence-corrected chi connectivity index (χ1v) is 7.44. The summed E-state index contributed by atoms with van der Waals surface area (Å²) in [6, 6.07) is -0.0982. The number of sulfonamides is 1. The van der Waals surface area contributed by atoms with Gasteiger partial charge in [0.15, 0.2) is 5.75 Å². The van der Waals surface area contributed by atoms with Crippen LogP contribution in [0.3, 0.4) is 0 Å².